The van der Waals surface area contributed by atoms with Crippen molar-refractivity contribution in [2.45, 2.75) is 20.8 Å². The highest BCUT2D eigenvalue weighted by atomic mass is 31.2. The topological polar surface area (TPSA) is 103 Å². The van der Waals surface area contributed by atoms with Gasteiger partial charge in [0.05, 0.1) is 25.6 Å². The third-order valence-electron chi connectivity index (χ3n) is 3.58. The van der Waals surface area contributed by atoms with E-state index in [1.54, 1.807) is 51.4 Å². The van der Waals surface area contributed by atoms with Gasteiger partial charge in [-0.1, -0.05) is 0 Å². The van der Waals surface area contributed by atoms with Crippen LogP contribution in [-0.2, 0) is 13.6 Å². The number of aromatic hydroxyl groups is 1. The van der Waals surface area contributed by atoms with Crippen molar-refractivity contribution in [1.29, 1.82) is 0 Å². The molecule has 2 aromatic rings. The number of benzene rings is 1. The largest absolute Gasteiger partial charge is 0.504 e. The molecule has 0 atom stereocenters. The first kappa shape index (κ1) is 20.9. The SMILES string of the molecule is CCOP(=O)(OCC)/C(=C/Nc1ncccn1)c1cc(C)c(O)c(OC)c1. The maximum absolute atomic E-state index is 13.4. The molecule has 0 fully saturated rings. The highest BCUT2D eigenvalue weighted by Gasteiger charge is 2.32. The highest BCUT2D eigenvalue weighted by Crippen LogP contribution is 2.61. The second-order valence-electron chi connectivity index (χ2n) is 5.42. The van der Waals surface area contributed by atoms with Crippen LogP contribution in [0, 0.1) is 6.92 Å². The maximum Gasteiger partial charge on any atom is 0.363 e. The van der Waals surface area contributed by atoms with Gasteiger partial charge >= 0.3 is 7.60 Å². The van der Waals surface area contributed by atoms with Crippen molar-refractivity contribution in [3.63, 3.8) is 0 Å². The summed E-state index contributed by atoms with van der Waals surface area (Å²) in [4.78, 5) is 8.16. The number of anilines is 1. The number of hydrogen-bond acceptors (Lipinski definition) is 8. The Morgan fingerprint density at radius 3 is 2.41 bits per heavy atom. The summed E-state index contributed by atoms with van der Waals surface area (Å²) in [5, 5.41) is 13.3. The average Bonchev–Trinajstić information content (AvgIpc) is 2.65. The van der Waals surface area contributed by atoms with Crippen molar-refractivity contribution >= 4 is 18.9 Å². The summed E-state index contributed by atoms with van der Waals surface area (Å²) in [5.74, 6) is 0.603. The summed E-state index contributed by atoms with van der Waals surface area (Å²) >= 11 is 0. The van der Waals surface area contributed by atoms with Crippen LogP contribution < -0.4 is 10.1 Å². The smallest absolute Gasteiger partial charge is 0.363 e. The van der Waals surface area contributed by atoms with Crippen molar-refractivity contribution in [1.82, 2.24) is 9.97 Å². The normalized spacial score (nSPS) is 12.1. The lowest BCUT2D eigenvalue weighted by molar-refractivity contribution is 0.230. The molecule has 0 unspecified atom stereocenters. The summed E-state index contributed by atoms with van der Waals surface area (Å²) in [6.45, 7) is 5.59. The van der Waals surface area contributed by atoms with Crippen LogP contribution in [0.4, 0.5) is 5.95 Å². The zero-order valence-corrected chi connectivity index (χ0v) is 16.7. The maximum atomic E-state index is 13.4. The first-order valence-electron chi connectivity index (χ1n) is 8.46. The second-order valence-corrected chi connectivity index (χ2v) is 7.42. The molecule has 0 saturated carbocycles. The summed E-state index contributed by atoms with van der Waals surface area (Å²) < 4.78 is 29.7. The fourth-order valence-corrected chi connectivity index (χ4v) is 4.09. The first-order chi connectivity index (χ1) is 12.9. The van der Waals surface area contributed by atoms with Crippen molar-refractivity contribution < 1.29 is 23.5 Å². The molecule has 8 nitrogen and oxygen atoms in total. The number of aryl methyl sites for hydroxylation is 1. The number of hydrogen-bond donors (Lipinski definition) is 2. The van der Waals surface area contributed by atoms with E-state index in [2.05, 4.69) is 15.3 Å². The van der Waals surface area contributed by atoms with E-state index in [1.165, 1.54) is 13.3 Å². The summed E-state index contributed by atoms with van der Waals surface area (Å²) in [7, 11) is -2.20. The number of nitrogens with zero attached hydrogens (tertiary/aromatic N) is 2. The molecule has 146 valence electrons. The van der Waals surface area contributed by atoms with Crippen LogP contribution in [0.25, 0.3) is 5.31 Å². The molecule has 1 aromatic heterocycles. The van der Waals surface area contributed by atoms with Crippen LogP contribution in [0.15, 0.2) is 36.8 Å². The highest BCUT2D eigenvalue weighted by molar-refractivity contribution is 7.65. The van der Waals surface area contributed by atoms with Crippen molar-refractivity contribution in [2.75, 3.05) is 25.6 Å². The Morgan fingerprint density at radius 2 is 1.85 bits per heavy atom. The van der Waals surface area contributed by atoms with Gasteiger partial charge in [0, 0.05) is 18.6 Å². The molecule has 1 aromatic carbocycles. The van der Waals surface area contributed by atoms with Crippen LogP contribution in [0.3, 0.4) is 0 Å². The standard InChI is InChI=1S/C18H24N3O5P/c1-5-25-27(23,26-6-2)16(12-21-18-19-8-7-9-20-18)14-10-13(3)17(22)15(11-14)24-4/h7-12,22H,5-6H2,1-4H3,(H,19,20,21)/b16-12+. The molecule has 1 heterocycles. The number of ether oxygens (including phenoxy) is 1. The summed E-state index contributed by atoms with van der Waals surface area (Å²) in [6.07, 6.45) is 4.66. The van der Waals surface area contributed by atoms with E-state index in [0.29, 0.717) is 17.1 Å². The fourth-order valence-electron chi connectivity index (χ4n) is 2.39. The fraction of sp³-hybridized carbons (Fsp3) is 0.333. The first-order valence-corrected chi connectivity index (χ1v) is 10.0. The Balaban J connectivity index is 2.58. The van der Waals surface area contributed by atoms with E-state index in [-0.39, 0.29) is 30.0 Å². The molecule has 0 aliphatic rings. The van der Waals surface area contributed by atoms with Crippen LogP contribution in [0.1, 0.15) is 25.0 Å². The second kappa shape index (κ2) is 9.50. The van der Waals surface area contributed by atoms with Gasteiger partial charge in [-0.2, -0.15) is 0 Å². The van der Waals surface area contributed by atoms with Crippen LogP contribution in [0.2, 0.25) is 0 Å². The zero-order chi connectivity index (χ0) is 19.9. The monoisotopic (exact) mass is 393 g/mol. The molecule has 0 saturated heterocycles. The predicted molar refractivity (Wildman–Crippen MR) is 104 cm³/mol. The number of rotatable bonds is 9. The Labute approximate surface area is 158 Å². The number of aromatic nitrogens is 2. The molecule has 27 heavy (non-hydrogen) atoms. The van der Waals surface area contributed by atoms with E-state index in [4.69, 9.17) is 13.8 Å². The van der Waals surface area contributed by atoms with Gasteiger partial charge in [0.1, 0.15) is 0 Å². The minimum Gasteiger partial charge on any atom is -0.504 e. The Kier molecular flexibility index (Phi) is 7.36. The molecular formula is C18H24N3O5P. The van der Waals surface area contributed by atoms with Gasteiger partial charge in [0.2, 0.25) is 5.95 Å². The summed E-state index contributed by atoms with van der Waals surface area (Å²) in [5.41, 5.74) is 1.08. The molecule has 9 heteroatoms. The molecule has 0 radical (unpaired) electrons. The van der Waals surface area contributed by atoms with Gasteiger partial charge in [0.15, 0.2) is 11.5 Å². The summed E-state index contributed by atoms with van der Waals surface area (Å²) in [6, 6.07) is 4.95. The Hall–Kier alpha value is -2.41. The van der Waals surface area contributed by atoms with E-state index in [0.717, 1.165) is 0 Å². The van der Waals surface area contributed by atoms with Gasteiger partial charge in [-0.3, -0.25) is 4.57 Å². The molecular weight excluding hydrogens is 369 g/mol. The van der Waals surface area contributed by atoms with Gasteiger partial charge in [0.25, 0.3) is 0 Å². The van der Waals surface area contributed by atoms with Gasteiger partial charge in [-0.25, -0.2) is 9.97 Å². The van der Waals surface area contributed by atoms with Crippen molar-refractivity contribution in [2.24, 2.45) is 0 Å². The molecule has 0 amide bonds. The van der Waals surface area contributed by atoms with Gasteiger partial charge in [-0.05, 0) is 50.1 Å². The quantitative estimate of drug-likeness (QED) is 0.612. The third-order valence-corrected chi connectivity index (χ3v) is 5.75. The zero-order valence-electron chi connectivity index (χ0n) is 15.8. The molecule has 0 bridgehead atoms. The molecule has 2 N–H and O–H groups in total. The molecule has 0 aliphatic carbocycles. The van der Waals surface area contributed by atoms with Gasteiger partial charge < -0.3 is 24.2 Å². The minimum atomic E-state index is -3.65. The lowest BCUT2D eigenvalue weighted by Gasteiger charge is -2.21. The van der Waals surface area contributed by atoms with Crippen LogP contribution in [-0.4, -0.2) is 35.4 Å². The van der Waals surface area contributed by atoms with Crippen LogP contribution in [0.5, 0.6) is 11.5 Å². The number of phenols is 1. The number of phenolic OH excluding ortho intramolecular Hbond substituents is 1. The predicted octanol–water partition coefficient (Wildman–Crippen LogP) is 4.18. The van der Waals surface area contributed by atoms with E-state index in [9.17, 15) is 9.67 Å². The van der Waals surface area contributed by atoms with Gasteiger partial charge in [-0.15, -0.1) is 0 Å². The van der Waals surface area contributed by atoms with Crippen molar-refractivity contribution in [3.8, 4) is 11.5 Å². The number of methoxy groups -OCH3 is 1. The Bertz CT molecular complexity index is 832. The molecule has 2 rings (SSSR count). The molecule has 0 aliphatic heterocycles. The average molecular weight is 393 g/mol. The van der Waals surface area contributed by atoms with Crippen LogP contribution >= 0.6 is 7.60 Å². The van der Waals surface area contributed by atoms with E-state index < -0.39 is 7.60 Å². The lowest BCUT2D eigenvalue weighted by Crippen LogP contribution is -2.03. The molecule has 0 spiro atoms. The van der Waals surface area contributed by atoms with E-state index >= 15 is 0 Å². The number of nitrogens with one attached hydrogen (secondary N) is 1. The minimum absolute atomic E-state index is 0.0163. The van der Waals surface area contributed by atoms with Crippen molar-refractivity contribution in [3.05, 3.63) is 47.9 Å². The van der Waals surface area contributed by atoms with E-state index in [1.807, 2.05) is 0 Å². The third kappa shape index (κ3) is 5.07. The lowest BCUT2D eigenvalue weighted by atomic mass is 10.1. The Morgan fingerprint density at radius 1 is 1.22 bits per heavy atom.